The highest BCUT2D eigenvalue weighted by molar-refractivity contribution is 6.03. The molecule has 8 heteroatoms. The molecule has 2 aromatic carbocycles. The topological polar surface area (TPSA) is 82.2 Å². The quantitative estimate of drug-likeness (QED) is 0.487. The van der Waals surface area contributed by atoms with Crippen molar-refractivity contribution in [1.82, 2.24) is 20.0 Å². The number of rotatable bonds is 8. The molecule has 0 aromatic heterocycles. The van der Waals surface area contributed by atoms with Crippen LogP contribution in [0.2, 0.25) is 0 Å². The first-order valence-electron chi connectivity index (χ1n) is 14.5. The van der Waals surface area contributed by atoms with Crippen LogP contribution in [0.1, 0.15) is 58.6 Å². The first kappa shape index (κ1) is 27.7. The lowest BCUT2D eigenvalue weighted by Gasteiger charge is -2.37. The summed E-state index contributed by atoms with van der Waals surface area (Å²) < 4.78 is 6.04. The van der Waals surface area contributed by atoms with Crippen LogP contribution in [0.15, 0.2) is 65.9 Å². The molecule has 5 rings (SSSR count). The van der Waals surface area contributed by atoms with Gasteiger partial charge >= 0.3 is 6.03 Å². The molecule has 3 heterocycles. The number of nitrogens with zero attached hydrogens (tertiary/aromatic N) is 3. The molecule has 1 fully saturated rings. The van der Waals surface area contributed by atoms with E-state index in [1.54, 1.807) is 9.80 Å². The molecule has 1 saturated heterocycles. The zero-order valence-corrected chi connectivity index (χ0v) is 23.9. The third-order valence-electron chi connectivity index (χ3n) is 8.19. The Morgan fingerprint density at radius 3 is 2.40 bits per heavy atom. The second-order valence-corrected chi connectivity index (χ2v) is 11.6. The van der Waals surface area contributed by atoms with E-state index < -0.39 is 12.1 Å². The number of ether oxygens (including phenoxy) is 1. The van der Waals surface area contributed by atoms with Gasteiger partial charge in [-0.05, 0) is 67.9 Å². The number of carbonyl (C=O) groups excluding carboxylic acids is 3. The van der Waals surface area contributed by atoms with E-state index in [1.165, 1.54) is 0 Å². The predicted octanol–water partition coefficient (Wildman–Crippen LogP) is 5.33. The first-order chi connectivity index (χ1) is 19.3. The van der Waals surface area contributed by atoms with Gasteiger partial charge in [0.15, 0.2) is 0 Å². The van der Waals surface area contributed by atoms with Crippen molar-refractivity contribution in [3.63, 3.8) is 0 Å². The van der Waals surface area contributed by atoms with E-state index >= 15 is 0 Å². The minimum absolute atomic E-state index is 0.0194. The maximum atomic E-state index is 14.2. The van der Waals surface area contributed by atoms with Crippen LogP contribution in [0.3, 0.4) is 0 Å². The zero-order valence-electron chi connectivity index (χ0n) is 23.9. The molecular formula is C32H40N4O4. The Morgan fingerprint density at radius 2 is 1.73 bits per heavy atom. The van der Waals surface area contributed by atoms with E-state index in [4.69, 9.17) is 4.74 Å². The molecule has 4 amide bonds. The van der Waals surface area contributed by atoms with Gasteiger partial charge in [0.2, 0.25) is 5.91 Å². The van der Waals surface area contributed by atoms with Crippen LogP contribution < -0.4 is 10.1 Å². The minimum Gasteiger partial charge on any atom is -0.457 e. The van der Waals surface area contributed by atoms with Crippen molar-refractivity contribution in [3.05, 3.63) is 71.4 Å². The number of piperidine rings is 1. The van der Waals surface area contributed by atoms with Crippen molar-refractivity contribution in [2.45, 2.75) is 59.0 Å². The molecule has 40 heavy (non-hydrogen) atoms. The third-order valence-corrected chi connectivity index (χ3v) is 8.19. The molecule has 0 unspecified atom stereocenters. The summed E-state index contributed by atoms with van der Waals surface area (Å²) in [5, 5.41) is 3.06. The maximum absolute atomic E-state index is 14.2. The molecule has 1 N–H and O–H groups in total. The Balaban J connectivity index is 1.46. The highest BCUT2D eigenvalue weighted by Gasteiger charge is 2.47. The van der Waals surface area contributed by atoms with Gasteiger partial charge in [-0.15, -0.1) is 0 Å². The van der Waals surface area contributed by atoms with Crippen LogP contribution in [-0.4, -0.2) is 64.8 Å². The van der Waals surface area contributed by atoms with Gasteiger partial charge in [-0.25, -0.2) is 4.79 Å². The number of nitrogens with one attached hydrogen (secondary N) is 1. The second kappa shape index (κ2) is 11.7. The molecule has 8 nitrogen and oxygen atoms in total. The average molecular weight is 545 g/mol. The van der Waals surface area contributed by atoms with Gasteiger partial charge in [0.1, 0.15) is 17.5 Å². The predicted molar refractivity (Wildman–Crippen MR) is 154 cm³/mol. The second-order valence-electron chi connectivity index (χ2n) is 11.6. The Bertz CT molecular complexity index is 1280. The van der Waals surface area contributed by atoms with Gasteiger partial charge in [0, 0.05) is 19.6 Å². The molecule has 3 aliphatic rings. The van der Waals surface area contributed by atoms with Gasteiger partial charge in [-0.2, -0.15) is 0 Å². The summed E-state index contributed by atoms with van der Waals surface area (Å²) in [6.07, 6.45) is 2.54. The maximum Gasteiger partial charge on any atom is 0.322 e. The monoisotopic (exact) mass is 544 g/mol. The minimum atomic E-state index is -0.632. The summed E-state index contributed by atoms with van der Waals surface area (Å²) in [4.78, 5) is 46.6. The number of benzene rings is 2. The lowest BCUT2D eigenvalue weighted by molar-refractivity contribution is -0.144. The third kappa shape index (κ3) is 5.58. The molecule has 0 bridgehead atoms. The number of urea groups is 1. The summed E-state index contributed by atoms with van der Waals surface area (Å²) in [5.74, 6) is 1.99. The first-order valence-corrected chi connectivity index (χ1v) is 14.5. The van der Waals surface area contributed by atoms with Crippen molar-refractivity contribution in [2.24, 2.45) is 11.8 Å². The Kier molecular flexibility index (Phi) is 8.14. The Labute approximate surface area is 237 Å². The van der Waals surface area contributed by atoms with E-state index in [1.807, 2.05) is 66.4 Å². The van der Waals surface area contributed by atoms with E-state index in [0.717, 1.165) is 31.5 Å². The smallest absolute Gasteiger partial charge is 0.322 e. The van der Waals surface area contributed by atoms with E-state index in [-0.39, 0.29) is 30.3 Å². The number of likely N-dealkylation sites (tertiary alicyclic amines) is 1. The van der Waals surface area contributed by atoms with Crippen molar-refractivity contribution < 1.29 is 19.1 Å². The fourth-order valence-electron chi connectivity index (χ4n) is 5.98. The molecule has 212 valence electrons. The summed E-state index contributed by atoms with van der Waals surface area (Å²) >= 11 is 0. The van der Waals surface area contributed by atoms with Crippen LogP contribution >= 0.6 is 0 Å². The average Bonchev–Trinajstić information content (AvgIpc) is 3.28. The number of hydrogen-bond acceptors (Lipinski definition) is 4. The number of para-hydroxylation sites is 1. The molecule has 0 aliphatic carbocycles. The highest BCUT2D eigenvalue weighted by Crippen LogP contribution is 2.39. The molecule has 2 aromatic rings. The summed E-state index contributed by atoms with van der Waals surface area (Å²) in [6, 6.07) is 15.5. The van der Waals surface area contributed by atoms with Crippen LogP contribution in [0, 0.1) is 11.8 Å². The van der Waals surface area contributed by atoms with Crippen molar-refractivity contribution in [3.8, 4) is 11.5 Å². The highest BCUT2D eigenvalue weighted by atomic mass is 16.5. The van der Waals surface area contributed by atoms with Gasteiger partial charge in [-0.1, -0.05) is 51.1 Å². The lowest BCUT2D eigenvalue weighted by atomic mass is 9.94. The Morgan fingerprint density at radius 1 is 1.02 bits per heavy atom. The number of likely N-dealkylation sites (N-methyl/N-ethyl adjacent to an activating group) is 1. The zero-order chi connectivity index (χ0) is 28.4. The molecular weight excluding hydrogens is 504 g/mol. The summed E-state index contributed by atoms with van der Waals surface area (Å²) in [7, 11) is 0. The standard InChI is InChI=1S/C32H40N4O4/c1-5-35-27-20-36(26(18-21(2)3)30(37)34-16-14-22(4)15-17-34)31(38)28(27)29(33-32(35)39)23-10-9-13-25(19-23)40-24-11-7-6-8-12-24/h6-13,19,21-22,26,29H,5,14-18,20H2,1-4H3,(H,33,39)/t26-,29-/m1/s1. The van der Waals surface area contributed by atoms with Crippen LogP contribution in [0.4, 0.5) is 4.79 Å². The van der Waals surface area contributed by atoms with Crippen LogP contribution in [-0.2, 0) is 9.59 Å². The number of hydrogen-bond donors (Lipinski definition) is 1. The van der Waals surface area contributed by atoms with E-state index in [2.05, 4.69) is 26.1 Å². The largest absolute Gasteiger partial charge is 0.457 e. The molecule has 2 atom stereocenters. The number of carbonyl (C=O) groups is 3. The van der Waals surface area contributed by atoms with Crippen molar-refractivity contribution >= 4 is 17.8 Å². The van der Waals surface area contributed by atoms with Crippen LogP contribution in [0.25, 0.3) is 0 Å². The fourth-order valence-corrected chi connectivity index (χ4v) is 5.98. The molecule has 0 spiro atoms. The summed E-state index contributed by atoms with van der Waals surface area (Å²) in [6.45, 7) is 10.4. The van der Waals surface area contributed by atoms with Gasteiger partial charge in [0.25, 0.3) is 5.91 Å². The van der Waals surface area contributed by atoms with E-state index in [9.17, 15) is 14.4 Å². The van der Waals surface area contributed by atoms with Crippen LogP contribution in [0.5, 0.6) is 11.5 Å². The van der Waals surface area contributed by atoms with Gasteiger partial charge in [-0.3, -0.25) is 14.5 Å². The molecule has 3 aliphatic heterocycles. The lowest BCUT2D eigenvalue weighted by Crippen LogP contribution is -2.52. The normalized spacial score (nSPS) is 20.6. The van der Waals surface area contributed by atoms with Crippen molar-refractivity contribution in [1.29, 1.82) is 0 Å². The van der Waals surface area contributed by atoms with Gasteiger partial charge in [0.05, 0.1) is 23.9 Å². The van der Waals surface area contributed by atoms with E-state index in [0.29, 0.717) is 41.7 Å². The van der Waals surface area contributed by atoms with Crippen molar-refractivity contribution in [2.75, 3.05) is 26.2 Å². The van der Waals surface area contributed by atoms with Gasteiger partial charge < -0.3 is 19.9 Å². The molecule has 0 saturated carbocycles. The fraction of sp³-hybridized carbons (Fsp3) is 0.469. The molecule has 0 radical (unpaired) electrons. The Hall–Kier alpha value is -3.81. The summed E-state index contributed by atoms with van der Waals surface area (Å²) in [5.41, 5.74) is 1.98. The number of amides is 4. The SMILES string of the molecule is CCN1C(=O)N[C@H](c2cccc(Oc3ccccc3)c2)C2=C1CN([C@H](CC(C)C)C(=O)N1CCC(C)CC1)C2=O.